The molecule has 150 valence electrons. The summed E-state index contributed by atoms with van der Waals surface area (Å²) in [6.45, 7) is 1.04. The fourth-order valence-corrected chi connectivity index (χ4v) is 4.06. The van der Waals surface area contributed by atoms with E-state index in [4.69, 9.17) is 11.1 Å². The molecule has 5 nitrogen and oxygen atoms in total. The fourth-order valence-electron chi connectivity index (χ4n) is 4.06. The number of amidine groups is 1. The molecule has 1 aliphatic carbocycles. The van der Waals surface area contributed by atoms with Crippen LogP contribution in [0.5, 0.6) is 0 Å². The third-order valence-corrected chi connectivity index (χ3v) is 5.78. The van der Waals surface area contributed by atoms with Crippen LogP contribution in [-0.2, 0) is 12.6 Å². The third-order valence-electron chi connectivity index (χ3n) is 5.78. The van der Waals surface area contributed by atoms with Gasteiger partial charge in [0, 0.05) is 12.1 Å². The molecule has 0 radical (unpaired) electrons. The maximum absolute atomic E-state index is 13.6. The lowest BCUT2D eigenvalue weighted by molar-refractivity contribution is -0.138. The van der Waals surface area contributed by atoms with Gasteiger partial charge < -0.3 is 10.6 Å². The number of guanidine groups is 1. The van der Waals surface area contributed by atoms with Crippen molar-refractivity contribution in [2.45, 2.75) is 50.7 Å². The number of nitrogens with zero attached hydrogens (tertiary/aromatic N) is 3. The molecule has 1 saturated carbocycles. The van der Waals surface area contributed by atoms with E-state index in [1.165, 1.54) is 6.07 Å². The Morgan fingerprint density at radius 2 is 2.04 bits per heavy atom. The number of nitrogens with two attached hydrogens (primary N) is 1. The van der Waals surface area contributed by atoms with E-state index in [2.05, 4.69) is 9.98 Å². The molecule has 2 fully saturated rings. The summed E-state index contributed by atoms with van der Waals surface area (Å²) in [4.78, 5) is 10.7. The highest BCUT2D eigenvalue weighted by atomic mass is 19.4. The molecule has 0 aromatic heterocycles. The van der Waals surface area contributed by atoms with E-state index in [1.54, 1.807) is 17.0 Å². The summed E-state index contributed by atoms with van der Waals surface area (Å²) < 4.78 is 40.8. The predicted molar refractivity (Wildman–Crippen MR) is 103 cm³/mol. The molecule has 1 unspecified atom stereocenters. The number of likely N-dealkylation sites (tertiary alicyclic amines) is 1. The van der Waals surface area contributed by atoms with Crippen LogP contribution in [0.3, 0.4) is 0 Å². The number of benzene rings is 1. The van der Waals surface area contributed by atoms with Crippen molar-refractivity contribution in [2.75, 3.05) is 13.1 Å². The van der Waals surface area contributed by atoms with Gasteiger partial charge in [-0.1, -0.05) is 25.0 Å². The summed E-state index contributed by atoms with van der Waals surface area (Å²) >= 11 is 0. The zero-order chi connectivity index (χ0) is 19.9. The van der Waals surface area contributed by atoms with Crippen molar-refractivity contribution in [3.8, 4) is 0 Å². The smallest absolute Gasteiger partial charge is 0.370 e. The Labute approximate surface area is 162 Å². The molecular formula is C20H24F3N5. The first-order valence-corrected chi connectivity index (χ1v) is 9.76. The normalized spacial score (nSPS) is 22.4. The Bertz CT molecular complexity index is 839. The Morgan fingerprint density at radius 1 is 1.25 bits per heavy atom. The second-order valence-corrected chi connectivity index (χ2v) is 7.83. The number of hydrogen-bond donors (Lipinski definition) is 2. The topological polar surface area (TPSA) is 77.8 Å². The average molecular weight is 391 g/mol. The molecule has 4 rings (SSSR count). The van der Waals surface area contributed by atoms with E-state index in [0.717, 1.165) is 37.8 Å². The van der Waals surface area contributed by atoms with Gasteiger partial charge in [-0.15, -0.1) is 0 Å². The van der Waals surface area contributed by atoms with Gasteiger partial charge in [0.05, 0.1) is 23.9 Å². The van der Waals surface area contributed by atoms with Crippen molar-refractivity contribution in [3.05, 3.63) is 34.9 Å². The second kappa shape index (κ2) is 7.22. The van der Waals surface area contributed by atoms with Crippen LogP contribution < -0.4 is 5.73 Å². The first kappa shape index (κ1) is 19.0. The summed E-state index contributed by atoms with van der Waals surface area (Å²) in [6.07, 6.45) is 0.877. The van der Waals surface area contributed by atoms with Crippen molar-refractivity contribution < 1.29 is 13.2 Å². The number of aliphatic imine (C=N–C) groups is 2. The lowest BCUT2D eigenvalue weighted by atomic mass is 9.98. The maximum atomic E-state index is 13.6. The highest BCUT2D eigenvalue weighted by Gasteiger charge is 2.35. The Morgan fingerprint density at radius 3 is 2.71 bits per heavy atom. The Balaban J connectivity index is 1.57. The van der Waals surface area contributed by atoms with Crippen LogP contribution in [0.25, 0.3) is 0 Å². The Kier molecular flexibility index (Phi) is 4.89. The van der Waals surface area contributed by atoms with Crippen LogP contribution in [0.1, 0.15) is 48.8 Å². The number of rotatable bonds is 5. The Hall–Kier alpha value is -2.38. The quantitative estimate of drug-likeness (QED) is 0.594. The molecule has 8 heteroatoms. The van der Waals surface area contributed by atoms with E-state index in [0.29, 0.717) is 42.4 Å². The molecule has 1 saturated heterocycles. The van der Waals surface area contributed by atoms with Crippen LogP contribution in [-0.4, -0.2) is 41.5 Å². The number of alkyl halides is 3. The van der Waals surface area contributed by atoms with Crippen LogP contribution in [0.4, 0.5) is 13.2 Å². The fraction of sp³-hybridized carbons (Fsp3) is 0.550. The van der Waals surface area contributed by atoms with Crippen molar-refractivity contribution in [2.24, 2.45) is 21.6 Å². The van der Waals surface area contributed by atoms with Gasteiger partial charge in [-0.2, -0.15) is 13.2 Å². The van der Waals surface area contributed by atoms with E-state index in [1.807, 2.05) is 0 Å². The van der Waals surface area contributed by atoms with Crippen molar-refractivity contribution in [3.63, 3.8) is 0 Å². The standard InChI is InChI=1S/C20H24F3N5/c21-20(22,23)15-10-14(8-7-13(15)6-5-12-3-4-12)18-26-11-16(27-18)17-2-1-9-28(17)19(24)25/h7-8,10,12,17H,1-6,9,11H2,(H3,24,25). The first-order chi connectivity index (χ1) is 13.3. The van der Waals surface area contributed by atoms with E-state index >= 15 is 0 Å². The molecule has 2 heterocycles. The molecule has 1 atom stereocenters. The van der Waals surface area contributed by atoms with E-state index in [-0.39, 0.29) is 12.0 Å². The highest BCUT2D eigenvalue weighted by molar-refractivity contribution is 6.13. The SMILES string of the molecule is N=C(N)N1CCCC1C1=NC(c2ccc(CCC3CC3)c(C(F)(F)F)c2)=NC1. The van der Waals surface area contributed by atoms with Gasteiger partial charge in [0.2, 0.25) is 0 Å². The van der Waals surface area contributed by atoms with Crippen LogP contribution in [0, 0.1) is 11.3 Å². The monoisotopic (exact) mass is 391 g/mol. The summed E-state index contributed by atoms with van der Waals surface area (Å²) in [5, 5.41) is 7.68. The van der Waals surface area contributed by atoms with Crippen LogP contribution in [0.15, 0.2) is 28.2 Å². The van der Waals surface area contributed by atoms with Gasteiger partial charge in [0.1, 0.15) is 0 Å². The number of nitrogens with one attached hydrogen (secondary N) is 1. The molecule has 28 heavy (non-hydrogen) atoms. The summed E-state index contributed by atoms with van der Waals surface area (Å²) in [5.41, 5.74) is 6.57. The minimum absolute atomic E-state index is 0.00183. The van der Waals surface area contributed by atoms with Gasteiger partial charge in [-0.25, -0.2) is 4.99 Å². The lowest BCUT2D eigenvalue weighted by Gasteiger charge is -2.24. The maximum Gasteiger partial charge on any atom is 0.416 e. The molecule has 3 aliphatic rings. The van der Waals surface area contributed by atoms with Crippen LogP contribution in [0.2, 0.25) is 0 Å². The predicted octanol–water partition coefficient (Wildman–Crippen LogP) is 3.61. The van der Waals surface area contributed by atoms with E-state index in [9.17, 15) is 13.2 Å². The third kappa shape index (κ3) is 3.91. The molecular weight excluding hydrogens is 367 g/mol. The number of hydrogen-bond acceptors (Lipinski definition) is 3. The number of aryl methyl sites for hydroxylation is 1. The zero-order valence-corrected chi connectivity index (χ0v) is 15.6. The molecule has 1 aromatic carbocycles. The van der Waals surface area contributed by atoms with Gasteiger partial charge in [-0.05, 0) is 43.2 Å². The van der Waals surface area contributed by atoms with Crippen molar-refractivity contribution >= 4 is 17.5 Å². The molecule has 3 N–H and O–H groups in total. The van der Waals surface area contributed by atoms with Crippen molar-refractivity contribution in [1.82, 2.24) is 4.90 Å². The molecule has 1 aromatic rings. The molecule has 0 amide bonds. The minimum atomic E-state index is -4.39. The van der Waals surface area contributed by atoms with Gasteiger partial charge in [0.25, 0.3) is 0 Å². The van der Waals surface area contributed by atoms with Gasteiger partial charge in [0.15, 0.2) is 11.8 Å². The highest BCUT2D eigenvalue weighted by Crippen LogP contribution is 2.37. The molecule has 0 bridgehead atoms. The average Bonchev–Trinajstić information content (AvgIpc) is 3.13. The van der Waals surface area contributed by atoms with Crippen molar-refractivity contribution in [1.29, 1.82) is 5.41 Å². The number of halogens is 3. The van der Waals surface area contributed by atoms with Crippen LogP contribution >= 0.6 is 0 Å². The van der Waals surface area contributed by atoms with Gasteiger partial charge >= 0.3 is 6.18 Å². The lowest BCUT2D eigenvalue weighted by Crippen LogP contribution is -2.44. The largest absolute Gasteiger partial charge is 0.416 e. The summed E-state index contributed by atoms with van der Waals surface area (Å²) in [6, 6.07) is 4.37. The summed E-state index contributed by atoms with van der Waals surface area (Å²) in [5.74, 6) is 0.922. The first-order valence-electron chi connectivity index (χ1n) is 9.76. The van der Waals surface area contributed by atoms with Gasteiger partial charge in [-0.3, -0.25) is 10.4 Å². The minimum Gasteiger partial charge on any atom is -0.370 e. The molecule has 2 aliphatic heterocycles. The molecule has 0 spiro atoms. The zero-order valence-electron chi connectivity index (χ0n) is 15.6. The summed E-state index contributed by atoms with van der Waals surface area (Å²) in [7, 11) is 0. The van der Waals surface area contributed by atoms with E-state index < -0.39 is 11.7 Å². The second-order valence-electron chi connectivity index (χ2n) is 7.83.